The summed E-state index contributed by atoms with van der Waals surface area (Å²) in [6, 6.07) is 22.1. The first-order valence-electron chi connectivity index (χ1n) is 12.1. The highest BCUT2D eigenvalue weighted by Crippen LogP contribution is 2.28. The summed E-state index contributed by atoms with van der Waals surface area (Å²) in [6.45, 7) is 4.84. The predicted molar refractivity (Wildman–Crippen MR) is 167 cm³/mol. The number of ether oxygens (including phenoxy) is 1. The number of carboxylic acid groups (broad SMARTS) is 1. The van der Waals surface area contributed by atoms with E-state index < -0.39 is 5.97 Å². The van der Waals surface area contributed by atoms with E-state index in [1.807, 2.05) is 43.3 Å². The SMILES string of the molecule is COc1cccc(N2CCN(c3cc(C(=O)O)c4cc(NC(=O)c5ccccc5C)ccc4n3)CC2)c1.Cl.Cl.Cl. The van der Waals surface area contributed by atoms with Crippen molar-refractivity contribution in [2.24, 2.45) is 0 Å². The molecule has 5 rings (SSSR count). The van der Waals surface area contributed by atoms with Gasteiger partial charge in [0.25, 0.3) is 5.91 Å². The minimum Gasteiger partial charge on any atom is -0.497 e. The van der Waals surface area contributed by atoms with Gasteiger partial charge in [-0.05, 0) is 55.0 Å². The molecule has 1 aliphatic rings. The van der Waals surface area contributed by atoms with Crippen LogP contribution in [0.1, 0.15) is 26.3 Å². The van der Waals surface area contributed by atoms with Crippen LogP contribution in [0, 0.1) is 6.92 Å². The Balaban J connectivity index is 0.00000187. The molecule has 3 aromatic carbocycles. The highest BCUT2D eigenvalue weighted by Gasteiger charge is 2.22. The third kappa shape index (κ3) is 6.88. The number of aromatic carboxylic acids is 1. The maximum absolute atomic E-state index is 12.8. The lowest BCUT2D eigenvalue weighted by Crippen LogP contribution is -2.46. The van der Waals surface area contributed by atoms with Gasteiger partial charge in [-0.2, -0.15) is 0 Å². The first-order valence-corrected chi connectivity index (χ1v) is 12.1. The molecule has 1 amide bonds. The summed E-state index contributed by atoms with van der Waals surface area (Å²) >= 11 is 0. The number of carboxylic acids is 1. The molecule has 0 saturated carbocycles. The van der Waals surface area contributed by atoms with E-state index in [1.54, 1.807) is 37.4 Å². The summed E-state index contributed by atoms with van der Waals surface area (Å²) in [7, 11) is 1.66. The summed E-state index contributed by atoms with van der Waals surface area (Å²) in [4.78, 5) is 34.1. The summed E-state index contributed by atoms with van der Waals surface area (Å²) in [5.41, 5.74) is 3.77. The Morgan fingerprint density at radius 1 is 0.850 bits per heavy atom. The molecule has 0 unspecified atom stereocenters. The highest BCUT2D eigenvalue weighted by molar-refractivity contribution is 6.08. The van der Waals surface area contributed by atoms with Crippen molar-refractivity contribution < 1.29 is 19.4 Å². The van der Waals surface area contributed by atoms with Gasteiger partial charge in [0.05, 0.1) is 18.2 Å². The molecular weight excluding hydrogens is 575 g/mol. The van der Waals surface area contributed by atoms with Crippen LogP contribution >= 0.6 is 37.2 Å². The van der Waals surface area contributed by atoms with Crippen molar-refractivity contribution in [1.29, 1.82) is 0 Å². The van der Waals surface area contributed by atoms with E-state index >= 15 is 0 Å². The van der Waals surface area contributed by atoms with Gasteiger partial charge in [-0.25, -0.2) is 9.78 Å². The van der Waals surface area contributed by atoms with Gasteiger partial charge in [0.2, 0.25) is 0 Å². The molecule has 0 bridgehead atoms. The Hall–Kier alpha value is -3.72. The van der Waals surface area contributed by atoms with Gasteiger partial charge in [0.15, 0.2) is 0 Å². The largest absolute Gasteiger partial charge is 0.497 e. The number of benzene rings is 3. The van der Waals surface area contributed by atoms with Crippen molar-refractivity contribution in [2.45, 2.75) is 6.92 Å². The van der Waals surface area contributed by atoms with E-state index in [9.17, 15) is 14.7 Å². The number of hydrogen-bond acceptors (Lipinski definition) is 6. The maximum atomic E-state index is 12.8. The number of carbonyl (C=O) groups excluding carboxylic acids is 1. The molecule has 4 aromatic rings. The zero-order valence-electron chi connectivity index (χ0n) is 22.0. The zero-order valence-corrected chi connectivity index (χ0v) is 24.4. The third-order valence-electron chi connectivity index (χ3n) is 6.70. The summed E-state index contributed by atoms with van der Waals surface area (Å²) in [5.74, 6) is 0.169. The van der Waals surface area contributed by atoms with Crippen molar-refractivity contribution in [3.8, 4) is 5.75 Å². The van der Waals surface area contributed by atoms with Gasteiger partial charge >= 0.3 is 5.97 Å². The Morgan fingerprint density at radius 2 is 1.55 bits per heavy atom. The number of amides is 1. The van der Waals surface area contributed by atoms with Crippen LogP contribution in [0.3, 0.4) is 0 Å². The van der Waals surface area contributed by atoms with Crippen LogP contribution in [-0.4, -0.2) is 55.3 Å². The van der Waals surface area contributed by atoms with Crippen LogP contribution in [0.4, 0.5) is 17.2 Å². The number of aromatic nitrogens is 1. The number of carbonyl (C=O) groups is 2. The van der Waals surface area contributed by atoms with Gasteiger partial charge in [0.1, 0.15) is 11.6 Å². The fraction of sp³-hybridized carbons (Fsp3) is 0.207. The number of piperazine rings is 1. The highest BCUT2D eigenvalue weighted by atomic mass is 35.5. The fourth-order valence-electron chi connectivity index (χ4n) is 4.66. The van der Waals surface area contributed by atoms with E-state index in [1.165, 1.54) is 0 Å². The summed E-state index contributed by atoms with van der Waals surface area (Å²) in [5, 5.41) is 13.3. The summed E-state index contributed by atoms with van der Waals surface area (Å²) in [6.07, 6.45) is 0. The molecule has 1 aromatic heterocycles. The number of hydrogen-bond donors (Lipinski definition) is 2. The number of pyridine rings is 1. The molecule has 0 radical (unpaired) electrons. The molecule has 1 fully saturated rings. The number of aryl methyl sites for hydroxylation is 1. The van der Waals surface area contributed by atoms with Crippen molar-refractivity contribution in [1.82, 2.24) is 4.98 Å². The molecule has 0 aliphatic carbocycles. The molecule has 11 heteroatoms. The number of nitrogens with one attached hydrogen (secondary N) is 1. The molecule has 212 valence electrons. The standard InChI is InChI=1S/C29H28N4O4.3ClH/c1-19-6-3-4-9-23(19)28(34)30-20-10-11-26-24(16-20)25(29(35)36)18-27(31-26)33-14-12-32(13-15-33)21-7-5-8-22(17-21)37-2;;;/h3-11,16-18H,12-15H2,1-2H3,(H,30,34)(H,35,36);3*1H. The van der Waals surface area contributed by atoms with Crippen molar-refractivity contribution in [3.05, 3.63) is 89.5 Å². The van der Waals surface area contributed by atoms with E-state index in [4.69, 9.17) is 9.72 Å². The van der Waals surface area contributed by atoms with E-state index in [0.29, 0.717) is 41.1 Å². The second-order valence-electron chi connectivity index (χ2n) is 9.01. The van der Waals surface area contributed by atoms with Crippen molar-refractivity contribution in [2.75, 3.05) is 48.4 Å². The van der Waals surface area contributed by atoms with Crippen LogP contribution in [0.25, 0.3) is 10.9 Å². The molecule has 1 aliphatic heterocycles. The number of fused-ring (bicyclic) bond motifs is 1. The summed E-state index contributed by atoms with van der Waals surface area (Å²) < 4.78 is 5.34. The number of anilines is 3. The van der Waals surface area contributed by atoms with Gasteiger partial charge in [-0.3, -0.25) is 4.79 Å². The maximum Gasteiger partial charge on any atom is 0.336 e. The molecule has 40 heavy (non-hydrogen) atoms. The molecular formula is C29H31Cl3N4O4. The minimum absolute atomic E-state index is 0. The van der Waals surface area contributed by atoms with Crippen molar-refractivity contribution >= 4 is 77.2 Å². The van der Waals surface area contributed by atoms with Crippen LogP contribution in [0.5, 0.6) is 5.75 Å². The van der Waals surface area contributed by atoms with Gasteiger partial charge in [0, 0.05) is 54.6 Å². The lowest BCUT2D eigenvalue weighted by atomic mass is 10.1. The van der Waals surface area contributed by atoms with E-state index in [2.05, 4.69) is 21.2 Å². The number of methoxy groups -OCH3 is 1. The first kappa shape index (κ1) is 32.5. The average molecular weight is 606 g/mol. The normalized spacial score (nSPS) is 12.4. The zero-order chi connectivity index (χ0) is 25.9. The first-order chi connectivity index (χ1) is 17.9. The van der Waals surface area contributed by atoms with Gasteiger partial charge in [-0.1, -0.05) is 24.3 Å². The lowest BCUT2D eigenvalue weighted by molar-refractivity contribution is 0.0698. The molecule has 0 atom stereocenters. The monoisotopic (exact) mass is 604 g/mol. The number of halogens is 3. The molecule has 8 nitrogen and oxygen atoms in total. The van der Waals surface area contributed by atoms with E-state index in [0.717, 1.165) is 30.1 Å². The third-order valence-corrected chi connectivity index (χ3v) is 6.70. The van der Waals surface area contributed by atoms with Gasteiger partial charge in [-0.15, -0.1) is 37.2 Å². The Kier molecular flexibility index (Phi) is 11.4. The second kappa shape index (κ2) is 14.1. The predicted octanol–water partition coefficient (Wildman–Crippen LogP) is 6.09. The van der Waals surface area contributed by atoms with Gasteiger partial charge < -0.3 is 25.0 Å². The Morgan fingerprint density at radius 3 is 2.23 bits per heavy atom. The fourth-order valence-corrected chi connectivity index (χ4v) is 4.66. The Bertz CT molecular complexity index is 1490. The quantitative estimate of drug-likeness (QED) is 0.274. The molecule has 2 N–H and O–H groups in total. The second-order valence-corrected chi connectivity index (χ2v) is 9.01. The smallest absolute Gasteiger partial charge is 0.336 e. The average Bonchev–Trinajstić information content (AvgIpc) is 2.92. The molecule has 1 saturated heterocycles. The number of rotatable bonds is 6. The van der Waals surface area contributed by atoms with Crippen LogP contribution in [0.2, 0.25) is 0 Å². The molecule has 2 heterocycles. The molecule has 0 spiro atoms. The number of nitrogens with zero attached hydrogens (tertiary/aromatic N) is 3. The Labute approximate surface area is 251 Å². The topological polar surface area (TPSA) is 95.0 Å². The van der Waals surface area contributed by atoms with Crippen LogP contribution < -0.4 is 19.9 Å². The lowest BCUT2D eigenvalue weighted by Gasteiger charge is -2.37. The van der Waals surface area contributed by atoms with Crippen molar-refractivity contribution in [3.63, 3.8) is 0 Å². The minimum atomic E-state index is -1.04. The van der Waals surface area contributed by atoms with Crippen LogP contribution in [-0.2, 0) is 0 Å². The van der Waals surface area contributed by atoms with E-state index in [-0.39, 0.29) is 48.7 Å². The van der Waals surface area contributed by atoms with Crippen LogP contribution in [0.15, 0.2) is 72.8 Å².